The summed E-state index contributed by atoms with van der Waals surface area (Å²) in [7, 11) is 3.12. The van der Waals surface area contributed by atoms with Crippen molar-refractivity contribution >= 4 is 18.1 Å². The summed E-state index contributed by atoms with van der Waals surface area (Å²) in [6.45, 7) is 4.33. The Labute approximate surface area is 49.5 Å². The van der Waals surface area contributed by atoms with Gasteiger partial charge in [-0.15, -0.1) is 0 Å². The van der Waals surface area contributed by atoms with Crippen LogP contribution in [0.4, 0.5) is 0 Å². The van der Waals surface area contributed by atoms with E-state index < -0.39 is 0 Å². The van der Waals surface area contributed by atoms with E-state index in [1.807, 2.05) is 0 Å². The molecule has 0 bridgehead atoms. The van der Waals surface area contributed by atoms with Crippen molar-refractivity contribution in [2.75, 3.05) is 12.3 Å². The van der Waals surface area contributed by atoms with Gasteiger partial charge in [0.05, 0.1) is 0 Å². The van der Waals surface area contributed by atoms with Crippen LogP contribution < -0.4 is 0 Å². The Kier molecular flexibility index (Phi) is 4.68. The van der Waals surface area contributed by atoms with Gasteiger partial charge in [-0.2, -0.15) is 4.41 Å². The molecule has 0 saturated carbocycles. The first kappa shape index (κ1) is 7.32. The van der Waals surface area contributed by atoms with Gasteiger partial charge in [-0.25, -0.2) is 0 Å². The van der Waals surface area contributed by atoms with Crippen LogP contribution in [0.2, 0.25) is 0 Å². The third-order valence-corrected chi connectivity index (χ3v) is 3.46. The lowest BCUT2D eigenvalue weighted by Gasteiger charge is -1.77. The lowest BCUT2D eigenvalue weighted by Crippen LogP contribution is -1.69. The van der Waals surface area contributed by atoms with E-state index in [0.717, 1.165) is 0 Å². The summed E-state index contributed by atoms with van der Waals surface area (Å²) in [5.41, 5.74) is 0. The van der Waals surface area contributed by atoms with Crippen LogP contribution in [0.25, 0.3) is 0 Å². The molecule has 0 amide bonds. The molecule has 0 heterocycles. The fourth-order valence-corrected chi connectivity index (χ4v) is 1.94. The van der Waals surface area contributed by atoms with Crippen LogP contribution in [0.5, 0.6) is 0 Å². The fourth-order valence-electron chi connectivity index (χ4n) is 0.365. The van der Waals surface area contributed by atoms with Crippen molar-refractivity contribution in [1.29, 1.82) is 0 Å². The highest BCUT2D eigenvalue weighted by Crippen LogP contribution is 2.21. The first-order valence-electron chi connectivity index (χ1n) is 2.47. The van der Waals surface area contributed by atoms with Crippen molar-refractivity contribution in [2.45, 2.75) is 13.8 Å². The van der Waals surface area contributed by atoms with E-state index >= 15 is 0 Å². The van der Waals surface area contributed by atoms with Gasteiger partial charge in [0, 0.05) is 0 Å². The molecule has 0 aliphatic rings. The van der Waals surface area contributed by atoms with Crippen LogP contribution in [-0.2, 0) is 0 Å². The summed E-state index contributed by atoms with van der Waals surface area (Å²) in [5, 5.41) is 0. The lowest BCUT2D eigenvalue weighted by molar-refractivity contribution is 1.42. The Morgan fingerprint density at radius 1 is 1.43 bits per heavy atom. The molecule has 3 radical (unpaired) electrons. The molecule has 0 saturated heterocycles. The van der Waals surface area contributed by atoms with Crippen LogP contribution in [0.15, 0.2) is 4.41 Å². The molecular weight excluding hydrogens is 121 g/mol. The monoisotopic (exact) mass is 131 g/mol. The van der Waals surface area contributed by atoms with Crippen molar-refractivity contribution in [3.05, 3.63) is 0 Å². The Bertz CT molecular complexity index is 66.1. The molecule has 0 aliphatic carbocycles. The van der Waals surface area contributed by atoms with Gasteiger partial charge in [0.25, 0.3) is 10.4 Å². The normalized spacial score (nSPS) is 8.43. The second-order valence-corrected chi connectivity index (χ2v) is 4.32. The van der Waals surface area contributed by atoms with Gasteiger partial charge < -0.3 is 0 Å². The van der Waals surface area contributed by atoms with Crippen molar-refractivity contribution in [2.24, 2.45) is 4.41 Å². The predicted molar refractivity (Wildman–Crippen MR) is 36.2 cm³/mol. The van der Waals surface area contributed by atoms with Crippen LogP contribution in [0, 0.1) is 0 Å². The van der Waals surface area contributed by atoms with Gasteiger partial charge in [-0.05, 0) is 13.8 Å². The quantitative estimate of drug-likeness (QED) is 0.400. The van der Waals surface area contributed by atoms with Crippen LogP contribution >= 0.6 is 7.71 Å². The van der Waals surface area contributed by atoms with Crippen LogP contribution in [0.3, 0.4) is 0 Å². The van der Waals surface area contributed by atoms with Crippen molar-refractivity contribution in [1.82, 2.24) is 0 Å². The molecule has 0 N–H and O–H groups in total. The summed E-state index contributed by atoms with van der Waals surface area (Å²) >= 11 is 0. The van der Waals surface area contributed by atoms with Crippen LogP contribution in [0.1, 0.15) is 13.8 Å². The zero-order chi connectivity index (χ0) is 5.70. The lowest BCUT2D eigenvalue weighted by atomic mass is 11.0. The molecule has 39 valence electrons. The minimum absolute atomic E-state index is 0.0154. The molecule has 1 nitrogen and oxygen atoms in total. The molecule has 0 aliphatic heterocycles. The van der Waals surface area contributed by atoms with E-state index in [4.69, 9.17) is 0 Å². The molecule has 0 spiro atoms. The molecule has 0 atom stereocenters. The van der Waals surface area contributed by atoms with Gasteiger partial charge in [0.2, 0.25) is 0 Å². The molecule has 0 aromatic heterocycles. The van der Waals surface area contributed by atoms with E-state index in [-0.39, 0.29) is 7.71 Å². The molecule has 3 heteroatoms. The Hall–Kier alpha value is 0.317. The highest BCUT2D eigenvalue weighted by atomic mass is 31.1. The minimum atomic E-state index is -0.0154. The second-order valence-electron chi connectivity index (χ2n) is 1.24. The van der Waals surface area contributed by atoms with E-state index in [9.17, 15) is 0 Å². The highest BCUT2D eigenvalue weighted by molar-refractivity contribution is 7.48. The van der Waals surface area contributed by atoms with Gasteiger partial charge in [-0.3, -0.25) is 0 Å². The summed E-state index contributed by atoms with van der Waals surface area (Å²) in [6.07, 6.45) is 2.41. The van der Waals surface area contributed by atoms with Gasteiger partial charge >= 0.3 is 0 Å². The van der Waals surface area contributed by atoms with Crippen LogP contribution in [-0.4, -0.2) is 22.7 Å². The van der Waals surface area contributed by atoms with E-state index in [2.05, 4.69) is 28.7 Å². The maximum Gasteiger partial charge on any atom is 0.291 e. The Balaban J connectivity index is 3.38. The average Bonchev–Trinajstić information content (AvgIpc) is 1.72. The average molecular weight is 131 g/mol. The minimum Gasteiger partial charge on any atom is -0.163 e. The summed E-state index contributed by atoms with van der Waals surface area (Å²) in [6, 6.07) is 0. The Morgan fingerprint density at radius 3 is 1.86 bits per heavy atom. The van der Waals surface area contributed by atoms with Gasteiger partial charge in [0.15, 0.2) is 7.71 Å². The van der Waals surface area contributed by atoms with Gasteiger partial charge in [0.1, 0.15) is 12.3 Å². The molecule has 0 rings (SSSR count). The maximum absolute atomic E-state index is 4.00. The maximum atomic E-state index is 4.00. The first-order chi connectivity index (χ1) is 3.35. The SMILES string of the molecule is CC[P+](CC)=N[Si]. The number of hydrogen-bond acceptors (Lipinski definition) is 1. The van der Waals surface area contributed by atoms with E-state index in [1.165, 1.54) is 12.3 Å². The highest BCUT2D eigenvalue weighted by Gasteiger charge is 1.98. The van der Waals surface area contributed by atoms with Crippen molar-refractivity contribution in [3.8, 4) is 0 Å². The Morgan fingerprint density at radius 2 is 1.86 bits per heavy atom. The predicted octanol–water partition coefficient (Wildman–Crippen LogP) is 1.78. The molecule has 7 heavy (non-hydrogen) atoms. The molecule has 0 aromatic carbocycles. The van der Waals surface area contributed by atoms with E-state index in [1.54, 1.807) is 0 Å². The number of nitrogens with zero attached hydrogens (tertiary/aromatic N) is 1. The zero-order valence-electron chi connectivity index (χ0n) is 4.81. The smallest absolute Gasteiger partial charge is 0.163 e. The van der Waals surface area contributed by atoms with Crippen molar-refractivity contribution < 1.29 is 0 Å². The third kappa shape index (κ3) is 2.95. The summed E-state index contributed by atoms with van der Waals surface area (Å²) in [4.78, 5) is 0. The molecule has 0 aromatic rings. The largest absolute Gasteiger partial charge is 0.291 e. The second kappa shape index (κ2) is 4.48. The number of rotatable bonds is 2. The zero-order valence-corrected chi connectivity index (χ0v) is 6.70. The standard InChI is InChI=1S/C4H10NPSi/c1-3-6(4-2)5-7/h3-4H2,1-2H3/q+1. The summed E-state index contributed by atoms with van der Waals surface area (Å²) in [5.74, 6) is 0. The topological polar surface area (TPSA) is 12.4 Å². The van der Waals surface area contributed by atoms with E-state index in [0.29, 0.717) is 0 Å². The molecule has 0 fully saturated rings. The third-order valence-electron chi connectivity index (χ3n) is 0.871. The molecule has 0 unspecified atom stereocenters. The number of hydrogen-bond donors (Lipinski definition) is 0. The summed E-state index contributed by atoms with van der Waals surface area (Å²) < 4.78 is 4.00. The van der Waals surface area contributed by atoms with Gasteiger partial charge in [-0.1, -0.05) is 0 Å². The first-order valence-corrected chi connectivity index (χ1v) is 4.58. The fraction of sp³-hybridized carbons (Fsp3) is 1.00. The molecular formula is C4H10NPSi+. The van der Waals surface area contributed by atoms with Crippen molar-refractivity contribution in [3.63, 3.8) is 0 Å².